The van der Waals surface area contributed by atoms with E-state index in [9.17, 15) is 8.78 Å². The molecule has 0 bridgehead atoms. The minimum absolute atomic E-state index is 0.279. The Kier molecular flexibility index (Phi) is 4.71. The van der Waals surface area contributed by atoms with Gasteiger partial charge in [0.15, 0.2) is 5.16 Å². The number of para-hydroxylation sites is 1. The van der Waals surface area contributed by atoms with Gasteiger partial charge in [0.25, 0.3) is 0 Å². The first kappa shape index (κ1) is 15.7. The van der Waals surface area contributed by atoms with Crippen LogP contribution in [0.4, 0.5) is 14.6 Å². The summed E-state index contributed by atoms with van der Waals surface area (Å²) < 4.78 is 26.5. The minimum Gasteiger partial charge on any atom is -0.370 e. The first-order valence-corrected chi connectivity index (χ1v) is 8.11. The fourth-order valence-corrected chi connectivity index (χ4v) is 2.99. The van der Waals surface area contributed by atoms with E-state index in [1.807, 2.05) is 31.2 Å². The lowest BCUT2D eigenvalue weighted by Gasteiger charge is -2.09. The minimum atomic E-state index is -2.59. The van der Waals surface area contributed by atoms with E-state index in [1.165, 1.54) is 24.2 Å². The predicted molar refractivity (Wildman–Crippen MR) is 86.7 cm³/mol. The quantitative estimate of drug-likeness (QED) is 0.546. The van der Waals surface area contributed by atoms with Gasteiger partial charge in [-0.15, -0.1) is 0 Å². The third kappa shape index (κ3) is 3.42. The molecule has 5 nitrogen and oxygen atoms in total. The van der Waals surface area contributed by atoms with E-state index in [-0.39, 0.29) is 5.75 Å². The Morgan fingerprint density at radius 3 is 2.87 bits per heavy atom. The molecule has 8 heteroatoms. The molecule has 3 rings (SSSR count). The molecule has 0 atom stereocenters. The SMILES string of the molecule is CCNc1nc(SCc2nccn2C(F)F)nc2ccccc12. The Hall–Kier alpha value is -2.22. The van der Waals surface area contributed by atoms with Gasteiger partial charge >= 0.3 is 6.55 Å². The van der Waals surface area contributed by atoms with Crippen molar-refractivity contribution < 1.29 is 8.78 Å². The van der Waals surface area contributed by atoms with Gasteiger partial charge in [-0.1, -0.05) is 23.9 Å². The van der Waals surface area contributed by atoms with Gasteiger partial charge in [-0.2, -0.15) is 8.78 Å². The van der Waals surface area contributed by atoms with Crippen molar-refractivity contribution >= 4 is 28.5 Å². The molecule has 0 aliphatic heterocycles. The molecule has 2 aromatic heterocycles. The molecule has 1 aromatic carbocycles. The average molecular weight is 335 g/mol. The lowest BCUT2D eigenvalue weighted by atomic mass is 10.2. The molecule has 0 saturated heterocycles. The topological polar surface area (TPSA) is 55.6 Å². The Bertz CT molecular complexity index is 805. The van der Waals surface area contributed by atoms with Gasteiger partial charge in [-0.3, -0.25) is 4.57 Å². The zero-order valence-electron chi connectivity index (χ0n) is 12.4. The second-order valence-corrected chi connectivity index (χ2v) is 5.66. The molecule has 2 heterocycles. The summed E-state index contributed by atoms with van der Waals surface area (Å²) in [6, 6.07) is 7.69. The lowest BCUT2D eigenvalue weighted by Crippen LogP contribution is -2.04. The van der Waals surface area contributed by atoms with Crippen molar-refractivity contribution in [2.24, 2.45) is 0 Å². The Morgan fingerprint density at radius 1 is 1.26 bits per heavy atom. The van der Waals surface area contributed by atoms with Gasteiger partial charge < -0.3 is 5.32 Å². The lowest BCUT2D eigenvalue weighted by molar-refractivity contribution is 0.0678. The van der Waals surface area contributed by atoms with Crippen LogP contribution in [0.3, 0.4) is 0 Å². The molecular weight excluding hydrogens is 320 g/mol. The maximum absolute atomic E-state index is 12.8. The molecule has 1 N–H and O–H groups in total. The maximum atomic E-state index is 12.8. The number of benzene rings is 1. The van der Waals surface area contributed by atoms with Crippen molar-refractivity contribution in [2.45, 2.75) is 24.4 Å². The molecule has 23 heavy (non-hydrogen) atoms. The van der Waals surface area contributed by atoms with Gasteiger partial charge in [0.05, 0.1) is 11.3 Å². The molecule has 0 fully saturated rings. The van der Waals surface area contributed by atoms with Crippen LogP contribution in [-0.2, 0) is 5.75 Å². The highest BCUT2D eigenvalue weighted by Gasteiger charge is 2.13. The van der Waals surface area contributed by atoms with Crippen molar-refractivity contribution in [3.63, 3.8) is 0 Å². The van der Waals surface area contributed by atoms with E-state index in [0.29, 0.717) is 11.0 Å². The van der Waals surface area contributed by atoms with Crippen LogP contribution in [0.1, 0.15) is 19.3 Å². The van der Waals surface area contributed by atoms with Crippen LogP contribution < -0.4 is 5.32 Å². The Morgan fingerprint density at radius 2 is 2.09 bits per heavy atom. The summed E-state index contributed by atoms with van der Waals surface area (Å²) >= 11 is 1.29. The number of nitrogens with zero attached hydrogens (tertiary/aromatic N) is 4. The second-order valence-electron chi connectivity index (χ2n) is 4.72. The molecule has 0 unspecified atom stereocenters. The number of alkyl halides is 2. The number of nitrogens with one attached hydrogen (secondary N) is 1. The summed E-state index contributed by atoms with van der Waals surface area (Å²) in [5.41, 5.74) is 0.818. The fraction of sp³-hybridized carbons (Fsp3) is 0.267. The average Bonchev–Trinajstić information content (AvgIpc) is 3.02. The van der Waals surface area contributed by atoms with Crippen LogP contribution in [0, 0.1) is 0 Å². The summed E-state index contributed by atoms with van der Waals surface area (Å²) in [7, 11) is 0. The zero-order valence-corrected chi connectivity index (χ0v) is 13.2. The van der Waals surface area contributed by atoms with Crippen molar-refractivity contribution in [2.75, 3.05) is 11.9 Å². The third-order valence-electron chi connectivity index (χ3n) is 3.22. The molecule has 0 aliphatic rings. The number of hydrogen-bond acceptors (Lipinski definition) is 5. The molecule has 120 valence electrons. The summed E-state index contributed by atoms with van der Waals surface area (Å²) in [6.45, 7) is 0.132. The molecule has 3 aromatic rings. The molecule has 0 spiro atoms. The van der Waals surface area contributed by atoms with Crippen molar-refractivity contribution in [3.05, 3.63) is 42.5 Å². The Labute approximate surface area is 136 Å². The number of imidazole rings is 1. The number of hydrogen-bond donors (Lipinski definition) is 1. The van der Waals surface area contributed by atoms with Gasteiger partial charge in [-0.05, 0) is 19.1 Å². The Balaban J connectivity index is 1.86. The molecular formula is C15H15F2N5S. The van der Waals surface area contributed by atoms with Crippen LogP contribution in [0.2, 0.25) is 0 Å². The van der Waals surface area contributed by atoms with Crippen LogP contribution in [-0.4, -0.2) is 26.1 Å². The van der Waals surface area contributed by atoms with Crippen LogP contribution in [0.25, 0.3) is 10.9 Å². The number of fused-ring (bicyclic) bond motifs is 1. The molecule has 0 amide bonds. The van der Waals surface area contributed by atoms with Crippen LogP contribution >= 0.6 is 11.8 Å². The summed E-state index contributed by atoms with van der Waals surface area (Å²) in [4.78, 5) is 12.9. The summed E-state index contributed by atoms with van der Waals surface area (Å²) in [5.74, 6) is 1.32. The van der Waals surface area contributed by atoms with Gasteiger partial charge in [-0.25, -0.2) is 15.0 Å². The number of anilines is 1. The van der Waals surface area contributed by atoms with Crippen molar-refractivity contribution in [3.8, 4) is 0 Å². The van der Waals surface area contributed by atoms with E-state index in [2.05, 4.69) is 20.3 Å². The number of rotatable bonds is 6. The molecule has 0 saturated carbocycles. The summed E-state index contributed by atoms with van der Waals surface area (Å²) in [6.07, 6.45) is 2.64. The van der Waals surface area contributed by atoms with Crippen molar-refractivity contribution in [1.29, 1.82) is 0 Å². The number of halogens is 2. The summed E-state index contributed by atoms with van der Waals surface area (Å²) in [5, 5.41) is 4.68. The molecule has 0 radical (unpaired) electrons. The standard InChI is InChI=1S/C15H15F2N5S/c1-2-18-13-10-5-3-4-6-11(10)20-15(21-13)23-9-12-19-7-8-22(12)14(16)17/h3-8,14H,2,9H2,1H3,(H,18,20,21). The fourth-order valence-electron chi connectivity index (χ4n) is 2.18. The van der Waals surface area contributed by atoms with E-state index >= 15 is 0 Å². The van der Waals surface area contributed by atoms with Gasteiger partial charge in [0, 0.05) is 24.3 Å². The van der Waals surface area contributed by atoms with E-state index < -0.39 is 6.55 Å². The largest absolute Gasteiger partial charge is 0.370 e. The number of aromatic nitrogens is 4. The first-order valence-electron chi connectivity index (χ1n) is 7.12. The normalized spacial score (nSPS) is 11.3. The van der Waals surface area contributed by atoms with Gasteiger partial charge in [0.1, 0.15) is 11.6 Å². The maximum Gasteiger partial charge on any atom is 0.319 e. The van der Waals surface area contributed by atoms with Gasteiger partial charge in [0.2, 0.25) is 0 Å². The highest BCUT2D eigenvalue weighted by Crippen LogP contribution is 2.26. The van der Waals surface area contributed by atoms with Crippen LogP contribution in [0.15, 0.2) is 41.8 Å². The third-order valence-corrected chi connectivity index (χ3v) is 4.06. The van der Waals surface area contributed by atoms with Crippen LogP contribution in [0.5, 0.6) is 0 Å². The first-order chi connectivity index (χ1) is 11.2. The molecule has 0 aliphatic carbocycles. The second kappa shape index (κ2) is 6.91. The van der Waals surface area contributed by atoms with E-state index in [4.69, 9.17) is 0 Å². The zero-order chi connectivity index (χ0) is 16.2. The van der Waals surface area contributed by atoms with E-state index in [1.54, 1.807) is 0 Å². The smallest absolute Gasteiger partial charge is 0.319 e. The van der Waals surface area contributed by atoms with E-state index in [0.717, 1.165) is 27.8 Å². The monoisotopic (exact) mass is 335 g/mol. The highest BCUT2D eigenvalue weighted by molar-refractivity contribution is 7.98. The highest BCUT2D eigenvalue weighted by atomic mass is 32.2. The van der Waals surface area contributed by atoms with Crippen molar-refractivity contribution in [1.82, 2.24) is 19.5 Å². The number of thioether (sulfide) groups is 1. The predicted octanol–water partition coefficient (Wildman–Crippen LogP) is 3.95.